The highest BCUT2D eigenvalue weighted by Gasteiger charge is 2.32. The van der Waals surface area contributed by atoms with E-state index in [1.54, 1.807) is 24.3 Å². The summed E-state index contributed by atoms with van der Waals surface area (Å²) in [5.41, 5.74) is 1.35. The first-order valence-electron chi connectivity index (χ1n) is 10.3. The van der Waals surface area contributed by atoms with Gasteiger partial charge >= 0.3 is 16.2 Å². The molecular formula is C23H17Cl2F3N4O2S. The van der Waals surface area contributed by atoms with Crippen LogP contribution >= 0.6 is 23.2 Å². The number of rotatable bonds is 4. The molecule has 0 amide bonds. The Kier molecular flexibility index (Phi) is 7.16. The van der Waals surface area contributed by atoms with E-state index < -0.39 is 32.1 Å². The van der Waals surface area contributed by atoms with Gasteiger partial charge in [-0.15, -0.1) is 4.40 Å². The number of hydrazone groups is 1. The van der Waals surface area contributed by atoms with Crippen LogP contribution in [0.1, 0.15) is 29.0 Å². The Morgan fingerprint density at radius 1 is 1.03 bits per heavy atom. The standard InChI is InChI=1S/C23H17Cl2F3N4O2S/c24-18-9-6-16(7-10-18)21-19(15-4-2-1-3-5-15)12-13-32(30-21)22(25)31-35(33,34)20-11-8-17(14-29-20)23(26,27)28/h1-11,14,19H,12-13H2. The topological polar surface area (TPSA) is 75.0 Å². The van der Waals surface area contributed by atoms with Crippen molar-refractivity contribution < 1.29 is 21.6 Å². The fourth-order valence-electron chi connectivity index (χ4n) is 3.55. The Labute approximate surface area is 209 Å². The normalized spacial score (nSPS) is 17.3. The summed E-state index contributed by atoms with van der Waals surface area (Å²) in [7, 11) is -4.48. The quantitative estimate of drug-likeness (QED) is 0.233. The zero-order chi connectivity index (χ0) is 25.2. The van der Waals surface area contributed by atoms with Crippen LogP contribution in [0.2, 0.25) is 5.02 Å². The van der Waals surface area contributed by atoms with Crippen LogP contribution in [-0.4, -0.2) is 36.0 Å². The van der Waals surface area contributed by atoms with Gasteiger partial charge in [-0.3, -0.25) is 0 Å². The van der Waals surface area contributed by atoms with Crippen LogP contribution in [-0.2, 0) is 16.2 Å². The molecule has 0 aliphatic carbocycles. The number of alkyl halides is 3. The molecule has 1 unspecified atom stereocenters. The van der Waals surface area contributed by atoms with Crippen molar-refractivity contribution in [3.8, 4) is 0 Å². The lowest BCUT2D eigenvalue weighted by Crippen LogP contribution is -2.34. The lowest BCUT2D eigenvalue weighted by molar-refractivity contribution is -0.137. The predicted octanol–water partition coefficient (Wildman–Crippen LogP) is 5.93. The van der Waals surface area contributed by atoms with Crippen LogP contribution < -0.4 is 0 Å². The second-order valence-corrected chi connectivity index (χ2v) is 9.91. The number of amidine groups is 1. The first-order chi connectivity index (χ1) is 16.5. The van der Waals surface area contributed by atoms with E-state index in [0.29, 0.717) is 29.4 Å². The fourth-order valence-corrected chi connectivity index (χ4v) is 4.89. The first-order valence-corrected chi connectivity index (χ1v) is 12.4. The van der Waals surface area contributed by atoms with E-state index in [4.69, 9.17) is 23.2 Å². The molecule has 12 heteroatoms. The maximum Gasteiger partial charge on any atom is 0.417 e. The van der Waals surface area contributed by atoms with Crippen LogP contribution in [0.3, 0.4) is 0 Å². The number of benzene rings is 2. The van der Waals surface area contributed by atoms with Gasteiger partial charge in [-0.25, -0.2) is 9.99 Å². The first kappa shape index (κ1) is 25.2. The summed E-state index contributed by atoms with van der Waals surface area (Å²) in [6, 6.07) is 18.1. The second kappa shape index (κ2) is 9.96. The molecule has 0 spiro atoms. The van der Waals surface area contributed by atoms with Crippen molar-refractivity contribution in [3.63, 3.8) is 0 Å². The molecule has 1 atom stereocenters. The third-order valence-corrected chi connectivity index (χ3v) is 7.08. The van der Waals surface area contributed by atoms with Gasteiger partial charge in [0, 0.05) is 23.7 Å². The summed E-state index contributed by atoms with van der Waals surface area (Å²) < 4.78 is 67.0. The van der Waals surface area contributed by atoms with E-state index >= 15 is 0 Å². The van der Waals surface area contributed by atoms with E-state index in [2.05, 4.69) is 14.5 Å². The second-order valence-electron chi connectivity index (χ2n) is 7.59. The molecule has 1 aromatic heterocycles. The lowest BCUT2D eigenvalue weighted by atomic mass is 9.86. The summed E-state index contributed by atoms with van der Waals surface area (Å²) >= 11 is 12.3. The van der Waals surface area contributed by atoms with Gasteiger partial charge in [-0.05, 0) is 53.4 Å². The van der Waals surface area contributed by atoms with E-state index in [9.17, 15) is 21.6 Å². The molecule has 6 nitrogen and oxygen atoms in total. The van der Waals surface area contributed by atoms with Gasteiger partial charge in [-0.2, -0.15) is 26.7 Å². The number of sulfonamides is 1. The maximum absolute atomic E-state index is 12.8. The number of hydrogen-bond acceptors (Lipinski definition) is 4. The zero-order valence-electron chi connectivity index (χ0n) is 17.8. The van der Waals surface area contributed by atoms with Crippen molar-refractivity contribution in [2.75, 3.05) is 6.54 Å². The van der Waals surface area contributed by atoms with Crippen molar-refractivity contribution in [1.29, 1.82) is 0 Å². The van der Waals surface area contributed by atoms with E-state index in [1.165, 1.54) is 5.01 Å². The van der Waals surface area contributed by atoms with E-state index in [1.807, 2.05) is 30.3 Å². The molecule has 3 aromatic rings. The smallest absolute Gasteiger partial charge is 0.242 e. The van der Waals surface area contributed by atoms with E-state index in [-0.39, 0.29) is 12.5 Å². The number of nitrogens with zero attached hydrogens (tertiary/aromatic N) is 4. The van der Waals surface area contributed by atoms with Crippen LogP contribution in [0, 0.1) is 0 Å². The van der Waals surface area contributed by atoms with Crippen molar-refractivity contribution in [2.24, 2.45) is 9.50 Å². The van der Waals surface area contributed by atoms with Gasteiger partial charge in [0.1, 0.15) is 0 Å². The van der Waals surface area contributed by atoms with Crippen molar-refractivity contribution in [1.82, 2.24) is 9.99 Å². The summed E-state index contributed by atoms with van der Waals surface area (Å²) in [6.45, 7) is 0.259. The minimum Gasteiger partial charge on any atom is -0.242 e. The molecule has 0 saturated heterocycles. The molecule has 0 fully saturated rings. The number of hydrogen-bond donors (Lipinski definition) is 0. The molecule has 1 aliphatic rings. The molecule has 1 aliphatic heterocycles. The van der Waals surface area contributed by atoms with Gasteiger partial charge in [0.15, 0.2) is 5.03 Å². The molecule has 4 rings (SSSR count). The van der Waals surface area contributed by atoms with Crippen LogP contribution in [0.5, 0.6) is 0 Å². The minimum absolute atomic E-state index is 0.0914. The molecule has 182 valence electrons. The van der Waals surface area contributed by atoms with Gasteiger partial charge in [-0.1, -0.05) is 54.1 Å². The molecular weight excluding hydrogens is 524 g/mol. The summed E-state index contributed by atoms with van der Waals surface area (Å²) in [6.07, 6.45) is -3.67. The lowest BCUT2D eigenvalue weighted by Gasteiger charge is -2.30. The average molecular weight is 541 g/mol. The molecule has 35 heavy (non-hydrogen) atoms. The highest BCUT2D eigenvalue weighted by Crippen LogP contribution is 2.31. The number of aromatic nitrogens is 1. The third-order valence-electron chi connectivity index (χ3n) is 5.27. The van der Waals surface area contributed by atoms with Crippen LogP contribution in [0.4, 0.5) is 13.2 Å². The van der Waals surface area contributed by atoms with Crippen LogP contribution in [0.25, 0.3) is 0 Å². The summed E-state index contributed by atoms with van der Waals surface area (Å²) in [4.78, 5) is 3.40. The fraction of sp³-hybridized carbons (Fsp3) is 0.174. The number of halogens is 5. The molecule has 2 aromatic carbocycles. The minimum atomic E-state index is -4.65. The van der Waals surface area contributed by atoms with Crippen molar-refractivity contribution in [3.05, 3.63) is 94.6 Å². The Hall–Kier alpha value is -2.95. The summed E-state index contributed by atoms with van der Waals surface area (Å²) in [5.74, 6) is -0.0914. The Morgan fingerprint density at radius 2 is 1.71 bits per heavy atom. The predicted molar refractivity (Wildman–Crippen MR) is 128 cm³/mol. The highest BCUT2D eigenvalue weighted by atomic mass is 35.5. The van der Waals surface area contributed by atoms with Gasteiger partial charge in [0.2, 0.25) is 5.29 Å². The molecule has 0 radical (unpaired) electrons. The third kappa shape index (κ3) is 5.83. The van der Waals surface area contributed by atoms with Crippen molar-refractivity contribution >= 4 is 44.2 Å². The molecule has 0 saturated carbocycles. The molecule has 0 N–H and O–H groups in total. The van der Waals surface area contributed by atoms with Gasteiger partial charge in [0.25, 0.3) is 0 Å². The summed E-state index contributed by atoms with van der Waals surface area (Å²) in [5, 5.41) is 5.25. The average Bonchev–Trinajstić information content (AvgIpc) is 2.84. The molecule has 0 bridgehead atoms. The van der Waals surface area contributed by atoms with Gasteiger partial charge in [0.05, 0.1) is 11.3 Å². The van der Waals surface area contributed by atoms with Crippen LogP contribution in [0.15, 0.2) is 87.5 Å². The zero-order valence-corrected chi connectivity index (χ0v) is 20.2. The Morgan fingerprint density at radius 3 is 2.31 bits per heavy atom. The van der Waals surface area contributed by atoms with Gasteiger partial charge < -0.3 is 0 Å². The SMILES string of the molecule is O=S(=O)(N=C(Cl)N1CCC(c2ccccc2)C(c2ccc(Cl)cc2)=N1)c1ccc(C(F)(F)F)cn1. The number of pyridine rings is 1. The Balaban J connectivity index is 1.68. The monoisotopic (exact) mass is 540 g/mol. The largest absolute Gasteiger partial charge is 0.417 e. The van der Waals surface area contributed by atoms with Crippen molar-refractivity contribution in [2.45, 2.75) is 23.5 Å². The highest BCUT2D eigenvalue weighted by molar-refractivity contribution is 7.90. The van der Waals surface area contributed by atoms with E-state index in [0.717, 1.165) is 17.2 Å². The Bertz CT molecular complexity index is 1360. The maximum atomic E-state index is 12.8. The molecule has 2 heterocycles.